The van der Waals surface area contributed by atoms with Crippen LogP contribution in [0.2, 0.25) is 0 Å². The van der Waals surface area contributed by atoms with Crippen molar-refractivity contribution in [3.8, 4) is 0 Å². The summed E-state index contributed by atoms with van der Waals surface area (Å²) in [6, 6.07) is 0.605. The molecule has 2 bridgehead atoms. The molecule has 5 atom stereocenters. The Bertz CT molecular complexity index is 287. The van der Waals surface area contributed by atoms with Crippen molar-refractivity contribution in [2.24, 2.45) is 23.7 Å². The maximum atomic E-state index is 10.2. The third-order valence-corrected chi connectivity index (χ3v) is 6.19. The molecule has 19 heavy (non-hydrogen) atoms. The van der Waals surface area contributed by atoms with Crippen LogP contribution < -0.4 is 5.32 Å². The van der Waals surface area contributed by atoms with Crippen LogP contribution in [-0.2, 0) is 0 Å². The summed E-state index contributed by atoms with van der Waals surface area (Å²) in [5, 5.41) is 13.8. The molecule has 3 aliphatic carbocycles. The SMILES string of the molecule is CC(NCC(O)CC1CCCC1)C1CC2CCC1C2. The summed E-state index contributed by atoms with van der Waals surface area (Å²) in [5.74, 6) is 3.70. The van der Waals surface area contributed by atoms with Gasteiger partial charge in [0.1, 0.15) is 0 Å². The summed E-state index contributed by atoms with van der Waals surface area (Å²) in [4.78, 5) is 0. The molecule has 0 amide bonds. The summed E-state index contributed by atoms with van der Waals surface area (Å²) < 4.78 is 0. The maximum absolute atomic E-state index is 10.2. The Kier molecular flexibility index (Phi) is 4.48. The second-order valence-corrected chi connectivity index (χ2v) is 7.58. The summed E-state index contributed by atoms with van der Waals surface area (Å²) in [5.41, 5.74) is 0. The van der Waals surface area contributed by atoms with Gasteiger partial charge in [-0.25, -0.2) is 0 Å². The van der Waals surface area contributed by atoms with Gasteiger partial charge in [-0.05, 0) is 56.3 Å². The highest BCUT2D eigenvalue weighted by Crippen LogP contribution is 2.49. The topological polar surface area (TPSA) is 32.3 Å². The number of hydrogen-bond donors (Lipinski definition) is 2. The van der Waals surface area contributed by atoms with E-state index < -0.39 is 0 Å². The van der Waals surface area contributed by atoms with Gasteiger partial charge < -0.3 is 10.4 Å². The van der Waals surface area contributed by atoms with Crippen molar-refractivity contribution < 1.29 is 5.11 Å². The minimum atomic E-state index is -0.121. The lowest BCUT2D eigenvalue weighted by molar-refractivity contribution is 0.130. The first-order valence-corrected chi connectivity index (χ1v) is 8.64. The average molecular weight is 265 g/mol. The minimum Gasteiger partial charge on any atom is -0.392 e. The van der Waals surface area contributed by atoms with E-state index in [9.17, 15) is 5.11 Å². The molecule has 0 aliphatic heterocycles. The first-order valence-electron chi connectivity index (χ1n) is 8.64. The quantitative estimate of drug-likeness (QED) is 0.772. The Morgan fingerprint density at radius 2 is 1.89 bits per heavy atom. The van der Waals surface area contributed by atoms with Gasteiger partial charge in [0.2, 0.25) is 0 Å². The van der Waals surface area contributed by atoms with Gasteiger partial charge in [-0.3, -0.25) is 0 Å². The van der Waals surface area contributed by atoms with E-state index in [4.69, 9.17) is 0 Å². The average Bonchev–Trinajstić information content (AvgIpc) is 3.12. The van der Waals surface area contributed by atoms with E-state index in [1.165, 1.54) is 51.4 Å². The monoisotopic (exact) mass is 265 g/mol. The molecule has 0 aromatic heterocycles. The third kappa shape index (κ3) is 3.33. The molecule has 0 heterocycles. The molecule has 0 aromatic carbocycles. The van der Waals surface area contributed by atoms with Gasteiger partial charge in [-0.15, -0.1) is 0 Å². The van der Waals surface area contributed by atoms with Gasteiger partial charge in [0, 0.05) is 12.6 Å². The van der Waals surface area contributed by atoms with Gasteiger partial charge in [0.15, 0.2) is 0 Å². The van der Waals surface area contributed by atoms with Crippen LogP contribution in [0.4, 0.5) is 0 Å². The Morgan fingerprint density at radius 3 is 2.53 bits per heavy atom. The molecule has 0 saturated heterocycles. The van der Waals surface area contributed by atoms with E-state index in [2.05, 4.69) is 12.2 Å². The summed E-state index contributed by atoms with van der Waals surface area (Å²) in [6.07, 6.45) is 12.2. The molecule has 3 saturated carbocycles. The van der Waals surface area contributed by atoms with Crippen LogP contribution in [0.5, 0.6) is 0 Å². The molecule has 3 fully saturated rings. The largest absolute Gasteiger partial charge is 0.392 e. The van der Waals surface area contributed by atoms with Crippen LogP contribution >= 0.6 is 0 Å². The molecule has 3 aliphatic rings. The summed E-state index contributed by atoms with van der Waals surface area (Å²) in [7, 11) is 0. The van der Waals surface area contributed by atoms with Crippen molar-refractivity contribution in [3.05, 3.63) is 0 Å². The molecule has 0 aromatic rings. The van der Waals surface area contributed by atoms with Crippen molar-refractivity contribution in [2.45, 2.75) is 76.9 Å². The van der Waals surface area contributed by atoms with Crippen LogP contribution in [0.1, 0.15) is 64.7 Å². The van der Waals surface area contributed by atoms with Crippen molar-refractivity contribution in [3.63, 3.8) is 0 Å². The zero-order valence-electron chi connectivity index (χ0n) is 12.5. The van der Waals surface area contributed by atoms with Crippen molar-refractivity contribution >= 4 is 0 Å². The molecule has 2 heteroatoms. The van der Waals surface area contributed by atoms with Crippen LogP contribution in [0, 0.1) is 23.7 Å². The predicted molar refractivity (Wildman–Crippen MR) is 79.0 cm³/mol. The molecule has 0 radical (unpaired) electrons. The van der Waals surface area contributed by atoms with Crippen molar-refractivity contribution in [1.29, 1.82) is 0 Å². The number of fused-ring (bicyclic) bond motifs is 2. The zero-order chi connectivity index (χ0) is 13.2. The second-order valence-electron chi connectivity index (χ2n) is 7.58. The number of aliphatic hydroxyl groups is 1. The normalized spacial score (nSPS) is 37.9. The Hall–Kier alpha value is -0.0800. The van der Waals surface area contributed by atoms with Crippen molar-refractivity contribution in [1.82, 2.24) is 5.32 Å². The lowest BCUT2D eigenvalue weighted by atomic mass is 9.84. The molecule has 5 unspecified atom stereocenters. The highest BCUT2D eigenvalue weighted by atomic mass is 16.3. The fourth-order valence-corrected chi connectivity index (χ4v) is 5.09. The van der Waals surface area contributed by atoms with E-state index >= 15 is 0 Å². The second kappa shape index (κ2) is 6.13. The molecule has 3 rings (SSSR count). The highest BCUT2D eigenvalue weighted by molar-refractivity contribution is 4.94. The van der Waals surface area contributed by atoms with Crippen LogP contribution in [0.3, 0.4) is 0 Å². The Morgan fingerprint density at radius 1 is 1.11 bits per heavy atom. The van der Waals surface area contributed by atoms with Gasteiger partial charge in [-0.2, -0.15) is 0 Å². The first-order chi connectivity index (χ1) is 9.22. The van der Waals surface area contributed by atoms with Gasteiger partial charge in [0.25, 0.3) is 0 Å². The van der Waals surface area contributed by atoms with Gasteiger partial charge in [0.05, 0.1) is 6.10 Å². The third-order valence-electron chi connectivity index (χ3n) is 6.19. The smallest absolute Gasteiger partial charge is 0.0667 e. The fraction of sp³-hybridized carbons (Fsp3) is 1.00. The molecular weight excluding hydrogens is 234 g/mol. The van der Waals surface area contributed by atoms with Crippen LogP contribution in [-0.4, -0.2) is 23.8 Å². The summed E-state index contributed by atoms with van der Waals surface area (Å²) >= 11 is 0. The Balaban J connectivity index is 1.36. The predicted octanol–water partition coefficient (Wildman–Crippen LogP) is 3.34. The minimum absolute atomic E-state index is 0.121. The maximum Gasteiger partial charge on any atom is 0.0667 e. The van der Waals surface area contributed by atoms with Crippen molar-refractivity contribution in [2.75, 3.05) is 6.54 Å². The molecule has 0 spiro atoms. The van der Waals surface area contributed by atoms with E-state index in [-0.39, 0.29) is 6.10 Å². The molecular formula is C17H31NO. The molecule has 2 nitrogen and oxygen atoms in total. The van der Waals surface area contributed by atoms with E-state index in [1.807, 2.05) is 0 Å². The molecule has 2 N–H and O–H groups in total. The lowest BCUT2D eigenvalue weighted by Crippen LogP contribution is -2.40. The number of aliphatic hydroxyl groups excluding tert-OH is 1. The first kappa shape index (κ1) is 13.9. The van der Waals surface area contributed by atoms with Gasteiger partial charge in [-0.1, -0.05) is 32.1 Å². The Labute approximate surface area is 118 Å². The highest BCUT2D eigenvalue weighted by Gasteiger charge is 2.41. The fourth-order valence-electron chi connectivity index (χ4n) is 5.09. The van der Waals surface area contributed by atoms with Gasteiger partial charge >= 0.3 is 0 Å². The van der Waals surface area contributed by atoms with E-state index in [0.29, 0.717) is 6.04 Å². The number of nitrogens with one attached hydrogen (secondary N) is 1. The number of rotatable bonds is 6. The standard InChI is InChI=1S/C17H31NO/c1-12(17-10-14-6-7-15(17)8-14)18-11-16(19)9-13-4-2-3-5-13/h12-19H,2-11H2,1H3. The van der Waals surface area contributed by atoms with E-state index in [0.717, 1.165) is 36.6 Å². The van der Waals surface area contributed by atoms with E-state index in [1.54, 1.807) is 0 Å². The summed E-state index contributed by atoms with van der Waals surface area (Å²) in [6.45, 7) is 3.15. The van der Waals surface area contributed by atoms with Crippen LogP contribution in [0.15, 0.2) is 0 Å². The lowest BCUT2D eigenvalue weighted by Gasteiger charge is -2.29. The number of hydrogen-bond acceptors (Lipinski definition) is 2. The van der Waals surface area contributed by atoms with Crippen LogP contribution in [0.25, 0.3) is 0 Å². The zero-order valence-corrected chi connectivity index (χ0v) is 12.5. The molecule has 110 valence electrons.